The summed E-state index contributed by atoms with van der Waals surface area (Å²) in [6, 6.07) is 11.4. The predicted molar refractivity (Wildman–Crippen MR) is 97.7 cm³/mol. The SMILES string of the molecule is CCC1(C)c2ccccc2-c2c(C)c(C)cc[n+]2C1(CC)CC. The fraction of sp³-hybridized carbons (Fsp3) is 0.500. The second kappa shape index (κ2) is 5.47. The number of fused-ring (bicyclic) bond motifs is 3. The van der Waals surface area contributed by atoms with Crippen LogP contribution in [-0.4, -0.2) is 0 Å². The number of benzene rings is 1. The van der Waals surface area contributed by atoms with Crippen molar-refractivity contribution in [2.24, 2.45) is 0 Å². The van der Waals surface area contributed by atoms with Gasteiger partial charge in [-0.15, -0.1) is 0 Å². The molecule has 0 bridgehead atoms. The molecule has 0 fully saturated rings. The van der Waals surface area contributed by atoms with Crippen LogP contribution >= 0.6 is 0 Å². The number of rotatable bonds is 3. The minimum Gasteiger partial charge on any atom is -0.192 e. The summed E-state index contributed by atoms with van der Waals surface area (Å²) in [5, 5.41) is 0. The molecule has 1 aromatic heterocycles. The topological polar surface area (TPSA) is 3.88 Å². The van der Waals surface area contributed by atoms with Gasteiger partial charge in [-0.25, -0.2) is 0 Å². The Kier molecular flexibility index (Phi) is 3.86. The summed E-state index contributed by atoms with van der Waals surface area (Å²) in [5.41, 5.74) is 7.48. The van der Waals surface area contributed by atoms with E-state index in [1.807, 2.05) is 0 Å². The standard InChI is InChI=1S/C22H30N/c1-7-21(6)19-13-11-10-12-18(19)20-17(5)16(4)14-15-23(20)22(21,8-2)9-3/h10-15H,7-9H2,1-6H3/q+1. The lowest BCUT2D eigenvalue weighted by Gasteiger charge is -2.48. The molecular formula is C22H30N+. The molecule has 2 heterocycles. The Morgan fingerprint density at radius 1 is 0.913 bits per heavy atom. The van der Waals surface area contributed by atoms with Crippen molar-refractivity contribution in [2.45, 2.75) is 71.8 Å². The molecule has 1 nitrogen and oxygen atoms in total. The average molecular weight is 308 g/mol. The molecule has 1 unspecified atom stereocenters. The van der Waals surface area contributed by atoms with Crippen LogP contribution in [0.3, 0.4) is 0 Å². The lowest BCUT2D eigenvalue weighted by molar-refractivity contribution is -0.769. The molecule has 0 aliphatic carbocycles. The highest BCUT2D eigenvalue weighted by Gasteiger charge is 2.58. The average Bonchev–Trinajstić information content (AvgIpc) is 2.59. The van der Waals surface area contributed by atoms with Gasteiger partial charge in [0.25, 0.3) is 0 Å². The maximum absolute atomic E-state index is 2.61. The lowest BCUT2D eigenvalue weighted by Crippen LogP contribution is -2.69. The van der Waals surface area contributed by atoms with Gasteiger partial charge >= 0.3 is 0 Å². The molecule has 1 heteroatoms. The van der Waals surface area contributed by atoms with E-state index in [2.05, 4.69) is 82.6 Å². The second-order valence-electron chi connectivity index (χ2n) is 7.31. The predicted octanol–water partition coefficient (Wildman–Crippen LogP) is 5.45. The van der Waals surface area contributed by atoms with Crippen LogP contribution in [0.1, 0.15) is 63.6 Å². The minimum absolute atomic E-state index is 0.143. The summed E-state index contributed by atoms with van der Waals surface area (Å²) in [6.45, 7) is 14.1. The molecule has 1 aliphatic rings. The van der Waals surface area contributed by atoms with E-state index < -0.39 is 0 Å². The van der Waals surface area contributed by atoms with E-state index in [0.29, 0.717) is 0 Å². The van der Waals surface area contributed by atoms with Crippen LogP contribution in [0.25, 0.3) is 11.3 Å². The van der Waals surface area contributed by atoms with Gasteiger partial charge in [0, 0.05) is 24.5 Å². The highest BCUT2D eigenvalue weighted by atomic mass is 15.1. The van der Waals surface area contributed by atoms with Crippen molar-refractivity contribution in [2.75, 3.05) is 0 Å². The summed E-state index contributed by atoms with van der Waals surface area (Å²) >= 11 is 0. The highest BCUT2D eigenvalue weighted by Crippen LogP contribution is 2.51. The molecule has 0 spiro atoms. The Morgan fingerprint density at radius 3 is 2.17 bits per heavy atom. The van der Waals surface area contributed by atoms with Gasteiger partial charge in [0.05, 0.1) is 11.0 Å². The van der Waals surface area contributed by atoms with Crippen LogP contribution in [-0.2, 0) is 11.0 Å². The molecule has 0 amide bonds. The van der Waals surface area contributed by atoms with E-state index in [1.165, 1.54) is 27.9 Å². The van der Waals surface area contributed by atoms with Crippen LogP contribution in [0.2, 0.25) is 0 Å². The van der Waals surface area contributed by atoms with E-state index in [4.69, 9.17) is 0 Å². The van der Waals surface area contributed by atoms with Crippen LogP contribution in [0.15, 0.2) is 36.5 Å². The summed E-state index contributed by atoms with van der Waals surface area (Å²) in [7, 11) is 0. The van der Waals surface area contributed by atoms with E-state index in [1.54, 1.807) is 0 Å². The normalized spacial score (nSPS) is 21.7. The first-order valence-corrected chi connectivity index (χ1v) is 9.09. The van der Waals surface area contributed by atoms with Gasteiger partial charge < -0.3 is 0 Å². The van der Waals surface area contributed by atoms with Crippen molar-refractivity contribution >= 4 is 0 Å². The van der Waals surface area contributed by atoms with Crippen LogP contribution in [0, 0.1) is 13.8 Å². The fourth-order valence-electron chi connectivity index (χ4n) is 5.02. The van der Waals surface area contributed by atoms with Crippen molar-refractivity contribution < 1.29 is 4.57 Å². The van der Waals surface area contributed by atoms with Crippen molar-refractivity contribution in [3.8, 4) is 11.3 Å². The first-order valence-electron chi connectivity index (χ1n) is 9.09. The molecule has 2 aromatic rings. The Bertz CT molecular complexity index is 740. The Morgan fingerprint density at radius 2 is 1.57 bits per heavy atom. The quantitative estimate of drug-likeness (QED) is 0.663. The van der Waals surface area contributed by atoms with Gasteiger partial charge in [-0.3, -0.25) is 0 Å². The maximum Gasteiger partial charge on any atom is 0.216 e. The van der Waals surface area contributed by atoms with Crippen molar-refractivity contribution in [3.63, 3.8) is 0 Å². The lowest BCUT2D eigenvalue weighted by atomic mass is 9.58. The van der Waals surface area contributed by atoms with Gasteiger partial charge in [-0.05, 0) is 44.4 Å². The maximum atomic E-state index is 2.61. The van der Waals surface area contributed by atoms with E-state index in [9.17, 15) is 0 Å². The van der Waals surface area contributed by atoms with Gasteiger partial charge in [0.2, 0.25) is 5.69 Å². The van der Waals surface area contributed by atoms with E-state index >= 15 is 0 Å². The molecule has 23 heavy (non-hydrogen) atoms. The summed E-state index contributed by atoms with van der Waals surface area (Å²) < 4.78 is 2.61. The van der Waals surface area contributed by atoms with Crippen LogP contribution in [0.4, 0.5) is 0 Å². The molecule has 122 valence electrons. The monoisotopic (exact) mass is 308 g/mol. The van der Waals surface area contributed by atoms with E-state index in [-0.39, 0.29) is 11.0 Å². The third kappa shape index (κ3) is 1.89. The molecular weight excluding hydrogens is 278 g/mol. The smallest absolute Gasteiger partial charge is 0.192 e. The van der Waals surface area contributed by atoms with E-state index in [0.717, 1.165) is 19.3 Å². The summed E-state index contributed by atoms with van der Waals surface area (Å²) in [4.78, 5) is 0. The third-order valence-corrected chi connectivity index (χ3v) is 6.80. The molecule has 1 atom stereocenters. The zero-order chi connectivity index (χ0) is 16.8. The molecule has 0 radical (unpaired) electrons. The van der Waals surface area contributed by atoms with Crippen molar-refractivity contribution in [3.05, 3.63) is 53.2 Å². The highest BCUT2D eigenvalue weighted by molar-refractivity contribution is 5.68. The molecule has 1 aliphatic heterocycles. The largest absolute Gasteiger partial charge is 0.216 e. The first kappa shape index (κ1) is 16.2. The number of nitrogens with zero attached hydrogens (tertiary/aromatic N) is 1. The van der Waals surface area contributed by atoms with Crippen LogP contribution < -0.4 is 4.57 Å². The molecule has 0 saturated heterocycles. The molecule has 0 saturated carbocycles. The number of pyridine rings is 1. The van der Waals surface area contributed by atoms with Crippen molar-refractivity contribution in [1.29, 1.82) is 0 Å². The molecule has 0 N–H and O–H groups in total. The molecule has 3 rings (SSSR count). The second-order valence-corrected chi connectivity index (χ2v) is 7.31. The van der Waals surface area contributed by atoms with Gasteiger partial charge in [-0.2, -0.15) is 4.57 Å². The zero-order valence-corrected chi connectivity index (χ0v) is 15.5. The molecule has 1 aromatic carbocycles. The number of hydrogen-bond donors (Lipinski definition) is 0. The first-order chi connectivity index (χ1) is 11.0. The van der Waals surface area contributed by atoms with Gasteiger partial charge in [0.15, 0.2) is 11.7 Å². The number of hydrogen-bond acceptors (Lipinski definition) is 0. The summed E-state index contributed by atoms with van der Waals surface area (Å²) in [5.74, 6) is 0. The van der Waals surface area contributed by atoms with Gasteiger partial charge in [-0.1, -0.05) is 39.0 Å². The number of aryl methyl sites for hydroxylation is 1. The van der Waals surface area contributed by atoms with Crippen molar-refractivity contribution in [1.82, 2.24) is 0 Å². The Balaban J connectivity index is 2.50. The summed E-state index contributed by atoms with van der Waals surface area (Å²) in [6.07, 6.45) is 5.81. The van der Waals surface area contributed by atoms with Crippen LogP contribution in [0.5, 0.6) is 0 Å². The Hall–Kier alpha value is -1.63. The third-order valence-electron chi connectivity index (χ3n) is 6.80. The zero-order valence-electron chi connectivity index (χ0n) is 15.5. The van der Waals surface area contributed by atoms with Gasteiger partial charge in [0.1, 0.15) is 0 Å². The fourth-order valence-corrected chi connectivity index (χ4v) is 5.02. The Labute approximate surface area is 141 Å². The number of aromatic nitrogens is 1. The minimum atomic E-state index is 0.143.